The molecule has 2 aromatic rings. The topological polar surface area (TPSA) is 66.4 Å². The van der Waals surface area contributed by atoms with Gasteiger partial charge in [-0.2, -0.15) is 0 Å². The highest BCUT2D eigenvalue weighted by Crippen LogP contribution is 2.56. The average molecular weight is 501 g/mol. The third-order valence-electron chi connectivity index (χ3n) is 8.52. The highest BCUT2D eigenvalue weighted by molar-refractivity contribution is 5.99. The maximum Gasteiger partial charge on any atom is 0.266 e. The Labute approximate surface area is 207 Å². The number of hydrogen-bond donors (Lipinski definition) is 2. The number of nitrogens with zero attached hydrogens (tertiary/aromatic N) is 2. The van der Waals surface area contributed by atoms with Gasteiger partial charge in [0.05, 0.1) is 22.9 Å². The Balaban J connectivity index is 1.27. The fourth-order valence-electron chi connectivity index (χ4n) is 6.21. The number of aromatic nitrogens is 1. The van der Waals surface area contributed by atoms with Crippen molar-refractivity contribution in [3.63, 3.8) is 0 Å². The van der Waals surface area contributed by atoms with Crippen molar-refractivity contribution in [2.24, 2.45) is 23.7 Å². The lowest BCUT2D eigenvalue weighted by Crippen LogP contribution is -2.32. The van der Waals surface area contributed by atoms with Gasteiger partial charge in [-0.05, 0) is 56.9 Å². The number of hydrogen-bond acceptors (Lipinski definition) is 4. The number of fused-ring (bicyclic) bond motifs is 1. The van der Waals surface area contributed by atoms with E-state index in [-0.39, 0.29) is 23.2 Å². The first kappa shape index (κ1) is 23.6. The molecule has 192 valence electrons. The van der Waals surface area contributed by atoms with Crippen molar-refractivity contribution in [1.29, 1.82) is 0 Å². The van der Waals surface area contributed by atoms with Gasteiger partial charge in [-0.3, -0.25) is 9.59 Å². The van der Waals surface area contributed by atoms with Crippen LogP contribution in [0, 0.1) is 29.5 Å². The van der Waals surface area contributed by atoms with Crippen LogP contribution in [0.25, 0.3) is 0 Å². The fraction of sp³-hybridized carbons (Fsp3) is 0.556. The smallest absolute Gasteiger partial charge is 0.266 e. The van der Waals surface area contributed by atoms with E-state index < -0.39 is 29.8 Å². The number of likely N-dealkylation sites (tertiary alicyclic amines) is 1. The van der Waals surface area contributed by atoms with E-state index in [2.05, 4.69) is 22.6 Å². The fourth-order valence-corrected chi connectivity index (χ4v) is 6.21. The van der Waals surface area contributed by atoms with E-state index in [9.17, 15) is 22.8 Å². The zero-order chi connectivity index (χ0) is 25.3. The van der Waals surface area contributed by atoms with E-state index in [0.29, 0.717) is 34.9 Å². The molecule has 1 amide bonds. The molecule has 1 aromatic carbocycles. The number of carbonyl (C=O) groups is 1. The molecule has 3 aliphatic carbocycles. The van der Waals surface area contributed by atoms with Gasteiger partial charge >= 0.3 is 0 Å². The number of piperidine rings is 1. The van der Waals surface area contributed by atoms with Gasteiger partial charge in [0.15, 0.2) is 0 Å². The number of nitrogens with one attached hydrogen (secondary N) is 2. The van der Waals surface area contributed by atoms with Crippen molar-refractivity contribution < 1.29 is 18.0 Å². The standard InChI is InChI=1S/C27H31F3N4O2/c1-13(15-4-3-5-16(24(15)28)26(29)30)31-27(36)20-12-34(22-8-17(22)14-6-7-14)23(35)9-21(20)32-25-18-10-33(2)11-19(18)25/h3-5,9,12-14,17-19,22,25-26,32H,6-8,10-11H2,1-2H3,(H,31,36)/t13-,17-,18-,19+,22+,25-/m1/s1. The highest BCUT2D eigenvalue weighted by Gasteiger charge is 2.55. The van der Waals surface area contributed by atoms with Crippen molar-refractivity contribution in [3.8, 4) is 0 Å². The summed E-state index contributed by atoms with van der Waals surface area (Å²) in [5.41, 5.74) is -0.0109. The number of benzene rings is 1. The molecule has 2 heterocycles. The van der Waals surface area contributed by atoms with E-state index in [0.717, 1.165) is 25.6 Å². The van der Waals surface area contributed by atoms with Crippen LogP contribution in [0.4, 0.5) is 18.9 Å². The van der Waals surface area contributed by atoms with Crippen LogP contribution in [-0.2, 0) is 0 Å². The summed E-state index contributed by atoms with van der Waals surface area (Å²) in [6.45, 7) is 3.52. The van der Waals surface area contributed by atoms with Gasteiger partial charge in [0.1, 0.15) is 5.82 Å². The quantitative estimate of drug-likeness (QED) is 0.566. The summed E-state index contributed by atoms with van der Waals surface area (Å²) >= 11 is 0. The maximum absolute atomic E-state index is 14.7. The Bertz CT molecular complexity index is 1250. The second-order valence-corrected chi connectivity index (χ2v) is 11.1. The normalized spacial score (nSPS) is 29.7. The molecule has 9 heteroatoms. The summed E-state index contributed by atoms with van der Waals surface area (Å²) in [5.74, 6) is 0.656. The summed E-state index contributed by atoms with van der Waals surface area (Å²) in [5, 5.41) is 6.21. The molecule has 1 saturated heterocycles. The van der Waals surface area contributed by atoms with Gasteiger partial charge in [-0.25, -0.2) is 13.2 Å². The molecule has 1 aromatic heterocycles. The lowest BCUT2D eigenvalue weighted by atomic mass is 10.0. The predicted octanol–water partition coefficient (Wildman–Crippen LogP) is 4.36. The third-order valence-corrected chi connectivity index (χ3v) is 8.52. The SMILES string of the molecule is C[C@@H](NC(=O)c1cn([C@H]2C[C@@H]2C2CC2)c(=O)cc1N[C@@H]1[C@@H]2CN(C)C[C@@H]21)c1cccc(C(F)F)c1F. The van der Waals surface area contributed by atoms with E-state index >= 15 is 0 Å². The number of alkyl halides is 2. The molecular weight excluding hydrogens is 469 g/mol. The molecular formula is C27H31F3N4O2. The molecule has 4 fully saturated rings. The van der Waals surface area contributed by atoms with Crippen LogP contribution in [0.3, 0.4) is 0 Å². The Morgan fingerprint density at radius 3 is 2.47 bits per heavy atom. The first-order valence-electron chi connectivity index (χ1n) is 12.8. The lowest BCUT2D eigenvalue weighted by molar-refractivity contribution is 0.0939. The first-order chi connectivity index (χ1) is 17.2. The monoisotopic (exact) mass is 500 g/mol. The van der Waals surface area contributed by atoms with Gasteiger partial charge in [-0.1, -0.05) is 18.2 Å². The van der Waals surface area contributed by atoms with Crippen molar-refractivity contribution in [2.75, 3.05) is 25.5 Å². The number of halogens is 3. The minimum Gasteiger partial charge on any atom is -0.381 e. The second-order valence-electron chi connectivity index (χ2n) is 11.1. The van der Waals surface area contributed by atoms with Crippen LogP contribution in [0.5, 0.6) is 0 Å². The zero-order valence-electron chi connectivity index (χ0n) is 20.4. The van der Waals surface area contributed by atoms with E-state index in [1.807, 2.05) is 0 Å². The molecule has 6 atom stereocenters. The lowest BCUT2D eigenvalue weighted by Gasteiger charge is -2.20. The van der Waals surface area contributed by atoms with Gasteiger partial charge in [0.2, 0.25) is 0 Å². The van der Waals surface area contributed by atoms with E-state index in [1.54, 1.807) is 17.7 Å². The minimum atomic E-state index is -2.94. The van der Waals surface area contributed by atoms with Crippen molar-refractivity contribution in [2.45, 2.75) is 50.7 Å². The van der Waals surface area contributed by atoms with Crippen LogP contribution in [-0.4, -0.2) is 41.6 Å². The highest BCUT2D eigenvalue weighted by atomic mass is 19.3. The van der Waals surface area contributed by atoms with Crippen molar-refractivity contribution in [1.82, 2.24) is 14.8 Å². The summed E-state index contributed by atoms with van der Waals surface area (Å²) in [7, 11) is 2.08. The van der Waals surface area contributed by atoms with Crippen LogP contribution in [0.15, 0.2) is 35.3 Å². The predicted molar refractivity (Wildman–Crippen MR) is 130 cm³/mol. The molecule has 6 nitrogen and oxygen atoms in total. The molecule has 0 unspecified atom stereocenters. The molecule has 36 heavy (non-hydrogen) atoms. The van der Waals surface area contributed by atoms with Gasteiger partial charge in [-0.15, -0.1) is 0 Å². The number of pyridine rings is 1. The zero-order valence-corrected chi connectivity index (χ0v) is 20.4. The first-order valence-corrected chi connectivity index (χ1v) is 12.8. The summed E-state index contributed by atoms with van der Waals surface area (Å²) in [6.07, 6.45) is 2.03. The number of rotatable bonds is 8. The van der Waals surface area contributed by atoms with E-state index in [1.165, 1.54) is 31.0 Å². The molecule has 4 aliphatic rings. The summed E-state index contributed by atoms with van der Waals surface area (Å²) < 4.78 is 42.8. The number of amides is 1. The molecule has 0 radical (unpaired) electrons. The Hall–Kier alpha value is -2.81. The van der Waals surface area contributed by atoms with Crippen molar-refractivity contribution in [3.05, 3.63) is 63.3 Å². The summed E-state index contributed by atoms with van der Waals surface area (Å²) in [4.78, 5) is 28.8. The Kier molecular flexibility index (Phi) is 5.66. The van der Waals surface area contributed by atoms with Gasteiger partial charge in [0.25, 0.3) is 17.9 Å². The molecule has 1 aliphatic heterocycles. The third kappa shape index (κ3) is 4.21. The Morgan fingerprint density at radius 2 is 1.81 bits per heavy atom. The maximum atomic E-state index is 14.7. The van der Waals surface area contributed by atoms with E-state index in [4.69, 9.17) is 0 Å². The number of carbonyl (C=O) groups excluding carboxylic acids is 1. The largest absolute Gasteiger partial charge is 0.381 e. The molecule has 6 rings (SSSR count). The molecule has 3 saturated carbocycles. The Morgan fingerprint density at radius 1 is 1.11 bits per heavy atom. The van der Waals surface area contributed by atoms with Crippen LogP contribution in [0.2, 0.25) is 0 Å². The second kappa shape index (κ2) is 8.64. The van der Waals surface area contributed by atoms with Crippen molar-refractivity contribution >= 4 is 11.6 Å². The van der Waals surface area contributed by atoms with Gasteiger partial charge in [0, 0.05) is 43.0 Å². The average Bonchev–Trinajstić information content (AvgIpc) is 3.73. The number of anilines is 1. The minimum absolute atomic E-state index is 0.000247. The van der Waals surface area contributed by atoms with Crippen LogP contribution >= 0.6 is 0 Å². The van der Waals surface area contributed by atoms with Crippen LogP contribution in [0.1, 0.15) is 66.2 Å². The van der Waals surface area contributed by atoms with Crippen LogP contribution < -0.4 is 16.2 Å². The summed E-state index contributed by atoms with van der Waals surface area (Å²) in [6, 6.07) is 4.81. The molecule has 0 spiro atoms. The molecule has 0 bridgehead atoms. The molecule has 2 N–H and O–H groups in total. The van der Waals surface area contributed by atoms with Gasteiger partial charge < -0.3 is 20.1 Å².